The van der Waals surface area contributed by atoms with Crippen molar-refractivity contribution in [3.05, 3.63) is 69.5 Å². The first-order valence-corrected chi connectivity index (χ1v) is 9.49. The molecule has 3 aromatic rings. The number of para-hydroxylation sites is 1. The SMILES string of the molecule is Cc1cccc(-c2nc(C(C)C)no2)c1NC(=O)/C=C/c1c(Cl)cccc1Cl. The lowest BCUT2D eigenvalue weighted by Gasteiger charge is -2.10. The molecule has 7 heteroatoms. The highest BCUT2D eigenvalue weighted by atomic mass is 35.5. The molecule has 5 nitrogen and oxygen atoms in total. The van der Waals surface area contributed by atoms with Gasteiger partial charge in [-0.2, -0.15) is 4.98 Å². The third kappa shape index (κ3) is 4.43. The van der Waals surface area contributed by atoms with Crippen LogP contribution in [0.1, 0.15) is 36.7 Å². The zero-order chi connectivity index (χ0) is 20.3. The van der Waals surface area contributed by atoms with Crippen LogP contribution in [0.4, 0.5) is 5.69 Å². The molecule has 0 aliphatic carbocycles. The molecule has 0 radical (unpaired) electrons. The molecule has 3 rings (SSSR count). The Bertz CT molecular complexity index is 1020. The third-order valence-corrected chi connectivity index (χ3v) is 4.77. The number of carbonyl (C=O) groups excluding carboxylic acids is 1. The van der Waals surface area contributed by atoms with Crippen molar-refractivity contribution >= 4 is 40.9 Å². The van der Waals surface area contributed by atoms with E-state index in [1.807, 2.05) is 39.0 Å². The average molecular weight is 416 g/mol. The van der Waals surface area contributed by atoms with Crippen LogP contribution in [-0.4, -0.2) is 16.0 Å². The van der Waals surface area contributed by atoms with E-state index in [9.17, 15) is 4.79 Å². The summed E-state index contributed by atoms with van der Waals surface area (Å²) >= 11 is 12.3. The van der Waals surface area contributed by atoms with Gasteiger partial charge in [-0.1, -0.05) is 60.4 Å². The third-order valence-electron chi connectivity index (χ3n) is 4.11. The van der Waals surface area contributed by atoms with E-state index >= 15 is 0 Å². The average Bonchev–Trinajstić information content (AvgIpc) is 3.13. The van der Waals surface area contributed by atoms with Crippen molar-refractivity contribution < 1.29 is 9.32 Å². The Kier molecular flexibility index (Phi) is 6.17. The van der Waals surface area contributed by atoms with E-state index in [1.165, 1.54) is 6.08 Å². The molecule has 0 saturated carbocycles. The lowest BCUT2D eigenvalue weighted by Crippen LogP contribution is -2.10. The number of nitrogens with one attached hydrogen (secondary N) is 1. The molecule has 0 aliphatic rings. The van der Waals surface area contributed by atoms with Gasteiger partial charge in [0.2, 0.25) is 5.91 Å². The van der Waals surface area contributed by atoms with E-state index in [-0.39, 0.29) is 11.8 Å². The second-order valence-corrected chi connectivity index (χ2v) is 7.38. The van der Waals surface area contributed by atoms with Gasteiger partial charge >= 0.3 is 0 Å². The second-order valence-electron chi connectivity index (χ2n) is 6.57. The van der Waals surface area contributed by atoms with Crippen LogP contribution < -0.4 is 5.32 Å². The summed E-state index contributed by atoms with van der Waals surface area (Å²) in [6.07, 6.45) is 2.97. The maximum Gasteiger partial charge on any atom is 0.260 e. The summed E-state index contributed by atoms with van der Waals surface area (Å²) in [5, 5.41) is 7.83. The van der Waals surface area contributed by atoms with E-state index in [2.05, 4.69) is 15.5 Å². The summed E-state index contributed by atoms with van der Waals surface area (Å²) in [6.45, 7) is 5.86. The minimum absolute atomic E-state index is 0.142. The summed E-state index contributed by atoms with van der Waals surface area (Å²) in [4.78, 5) is 16.9. The van der Waals surface area contributed by atoms with Crippen LogP contribution in [0.2, 0.25) is 10.0 Å². The minimum Gasteiger partial charge on any atom is -0.334 e. The minimum atomic E-state index is -0.324. The van der Waals surface area contributed by atoms with E-state index in [4.69, 9.17) is 27.7 Å². The number of carbonyl (C=O) groups is 1. The summed E-state index contributed by atoms with van der Waals surface area (Å²) in [6, 6.07) is 10.8. The Morgan fingerprint density at radius 3 is 2.46 bits per heavy atom. The largest absolute Gasteiger partial charge is 0.334 e. The number of rotatable bonds is 5. The smallest absolute Gasteiger partial charge is 0.260 e. The zero-order valence-corrected chi connectivity index (χ0v) is 17.2. The van der Waals surface area contributed by atoms with Gasteiger partial charge in [0.05, 0.1) is 11.3 Å². The fraction of sp³-hybridized carbons (Fsp3) is 0.190. The number of hydrogen-bond donors (Lipinski definition) is 1. The molecule has 1 N–H and O–H groups in total. The maximum absolute atomic E-state index is 12.5. The molecular weight excluding hydrogens is 397 g/mol. The van der Waals surface area contributed by atoms with Gasteiger partial charge in [-0.05, 0) is 36.8 Å². The molecule has 2 aromatic carbocycles. The number of anilines is 1. The fourth-order valence-corrected chi connectivity index (χ4v) is 3.11. The van der Waals surface area contributed by atoms with Crippen LogP contribution in [0.15, 0.2) is 47.0 Å². The number of nitrogens with zero attached hydrogens (tertiary/aromatic N) is 2. The molecule has 144 valence electrons. The van der Waals surface area contributed by atoms with Gasteiger partial charge in [-0.15, -0.1) is 0 Å². The van der Waals surface area contributed by atoms with Gasteiger partial charge in [0, 0.05) is 27.6 Å². The lowest BCUT2D eigenvalue weighted by atomic mass is 10.1. The highest BCUT2D eigenvalue weighted by Gasteiger charge is 2.17. The number of aromatic nitrogens is 2. The predicted octanol–water partition coefficient (Wildman–Crippen LogP) is 6.13. The van der Waals surface area contributed by atoms with E-state index in [0.717, 1.165) is 5.56 Å². The first-order valence-electron chi connectivity index (χ1n) is 8.73. The van der Waals surface area contributed by atoms with Crippen molar-refractivity contribution in [1.82, 2.24) is 10.1 Å². The Hall–Kier alpha value is -2.63. The second kappa shape index (κ2) is 8.59. The van der Waals surface area contributed by atoms with Crippen LogP contribution in [0, 0.1) is 6.92 Å². The highest BCUT2D eigenvalue weighted by Crippen LogP contribution is 2.31. The normalized spacial score (nSPS) is 11.4. The number of benzene rings is 2. The van der Waals surface area contributed by atoms with Crippen molar-refractivity contribution in [1.29, 1.82) is 0 Å². The van der Waals surface area contributed by atoms with E-state index < -0.39 is 0 Å². The Morgan fingerprint density at radius 1 is 1.14 bits per heavy atom. The van der Waals surface area contributed by atoms with Crippen molar-refractivity contribution in [2.24, 2.45) is 0 Å². The molecule has 0 bridgehead atoms. The molecule has 1 amide bonds. The lowest BCUT2D eigenvalue weighted by molar-refractivity contribution is -0.111. The summed E-state index contributed by atoms with van der Waals surface area (Å²) in [5.74, 6) is 0.793. The van der Waals surface area contributed by atoms with Crippen molar-refractivity contribution in [2.45, 2.75) is 26.7 Å². The van der Waals surface area contributed by atoms with Gasteiger partial charge < -0.3 is 9.84 Å². The number of aryl methyl sites for hydroxylation is 1. The van der Waals surface area contributed by atoms with Gasteiger partial charge in [0.25, 0.3) is 5.89 Å². The van der Waals surface area contributed by atoms with Crippen LogP contribution in [0.3, 0.4) is 0 Å². The van der Waals surface area contributed by atoms with Crippen LogP contribution >= 0.6 is 23.2 Å². The van der Waals surface area contributed by atoms with Crippen LogP contribution in [0.5, 0.6) is 0 Å². The molecular formula is C21H19Cl2N3O2. The van der Waals surface area contributed by atoms with Crippen molar-refractivity contribution in [2.75, 3.05) is 5.32 Å². The highest BCUT2D eigenvalue weighted by molar-refractivity contribution is 6.37. The summed E-state index contributed by atoms with van der Waals surface area (Å²) in [5.41, 5.74) is 2.74. The Labute approximate surface area is 173 Å². The first kappa shape index (κ1) is 20.1. The first-order chi connectivity index (χ1) is 13.4. The molecule has 0 spiro atoms. The van der Waals surface area contributed by atoms with E-state index in [0.29, 0.717) is 38.6 Å². The topological polar surface area (TPSA) is 68.0 Å². The molecule has 1 heterocycles. The van der Waals surface area contributed by atoms with E-state index in [1.54, 1.807) is 24.3 Å². The quantitative estimate of drug-likeness (QED) is 0.509. The molecule has 0 atom stereocenters. The van der Waals surface area contributed by atoms with Crippen LogP contribution in [0.25, 0.3) is 17.5 Å². The summed E-state index contributed by atoms with van der Waals surface area (Å²) in [7, 11) is 0. The monoisotopic (exact) mass is 415 g/mol. The number of hydrogen-bond acceptors (Lipinski definition) is 4. The predicted molar refractivity (Wildman–Crippen MR) is 113 cm³/mol. The van der Waals surface area contributed by atoms with Gasteiger partial charge in [0.15, 0.2) is 5.82 Å². The number of amides is 1. The molecule has 1 aromatic heterocycles. The van der Waals surface area contributed by atoms with Gasteiger partial charge in [-0.25, -0.2) is 0 Å². The Balaban J connectivity index is 1.87. The van der Waals surface area contributed by atoms with Gasteiger partial charge in [0.1, 0.15) is 0 Å². The van der Waals surface area contributed by atoms with Crippen molar-refractivity contribution in [3.63, 3.8) is 0 Å². The van der Waals surface area contributed by atoms with Gasteiger partial charge in [-0.3, -0.25) is 4.79 Å². The summed E-state index contributed by atoms with van der Waals surface area (Å²) < 4.78 is 5.38. The Morgan fingerprint density at radius 2 is 1.82 bits per heavy atom. The van der Waals surface area contributed by atoms with Crippen molar-refractivity contribution in [3.8, 4) is 11.5 Å². The van der Waals surface area contributed by atoms with Crippen LogP contribution in [-0.2, 0) is 4.79 Å². The molecule has 28 heavy (non-hydrogen) atoms. The molecule has 0 unspecified atom stereocenters. The zero-order valence-electron chi connectivity index (χ0n) is 15.7. The standard InChI is InChI=1S/C21H19Cl2N3O2/c1-12(2)20-25-21(28-26-20)15-7-4-6-13(3)19(15)24-18(27)11-10-14-16(22)8-5-9-17(14)23/h4-12H,1-3H3,(H,24,27)/b11-10+. The molecule has 0 aliphatic heterocycles. The fourth-order valence-electron chi connectivity index (χ4n) is 2.58. The molecule has 0 saturated heterocycles. The molecule has 0 fully saturated rings. The maximum atomic E-state index is 12.5. The number of halogens is 2.